The molecule has 2 aromatic rings. The van der Waals surface area contributed by atoms with Crippen LogP contribution in [0, 0.1) is 5.82 Å². The van der Waals surface area contributed by atoms with Gasteiger partial charge in [-0.3, -0.25) is 0 Å². The summed E-state index contributed by atoms with van der Waals surface area (Å²) in [6.45, 7) is 6.83. The fraction of sp³-hybridized carbons (Fsp3) is 0.294. The maximum Gasteiger partial charge on any atom is 0.146 e. The van der Waals surface area contributed by atoms with Gasteiger partial charge < -0.3 is 10.5 Å². The van der Waals surface area contributed by atoms with Gasteiger partial charge in [0.1, 0.15) is 18.2 Å². The molecule has 0 unspecified atom stereocenters. The van der Waals surface area contributed by atoms with Gasteiger partial charge in [0.15, 0.2) is 0 Å². The lowest BCUT2D eigenvalue weighted by molar-refractivity contribution is 0.305. The Balaban J connectivity index is 2.02. The molecule has 2 nitrogen and oxygen atoms in total. The molecule has 106 valence electrons. The van der Waals surface area contributed by atoms with Crippen molar-refractivity contribution < 1.29 is 9.13 Å². The van der Waals surface area contributed by atoms with Crippen LogP contribution in [0.2, 0.25) is 0 Å². The third-order valence-corrected chi connectivity index (χ3v) is 3.19. The molecule has 0 saturated carbocycles. The second kappa shape index (κ2) is 5.53. The van der Waals surface area contributed by atoms with Crippen molar-refractivity contribution in [3.05, 3.63) is 59.4 Å². The Bertz CT molecular complexity index is 585. The minimum absolute atomic E-state index is 0.124. The molecule has 0 heterocycles. The summed E-state index contributed by atoms with van der Waals surface area (Å²) in [6, 6.07) is 12.7. The molecule has 0 fully saturated rings. The molecule has 2 rings (SSSR count). The molecule has 0 aliphatic carbocycles. The number of nitrogens with two attached hydrogens (primary N) is 1. The molecule has 0 spiro atoms. The molecule has 3 heteroatoms. The summed E-state index contributed by atoms with van der Waals surface area (Å²) >= 11 is 0. The zero-order chi connectivity index (χ0) is 14.8. The monoisotopic (exact) mass is 273 g/mol. The molecule has 0 bridgehead atoms. The van der Waals surface area contributed by atoms with Crippen LogP contribution >= 0.6 is 0 Å². The Morgan fingerprint density at radius 3 is 2.25 bits per heavy atom. The standard InChI is InChI=1S/C17H20FNO/c1-17(2,3)13-5-7-14(8-6-13)20-11-12-4-9-16(19)15(18)10-12/h4-10H,11,19H2,1-3H3. The highest BCUT2D eigenvalue weighted by Crippen LogP contribution is 2.24. The van der Waals surface area contributed by atoms with Crippen molar-refractivity contribution in [1.29, 1.82) is 0 Å². The zero-order valence-corrected chi connectivity index (χ0v) is 12.1. The average molecular weight is 273 g/mol. The Morgan fingerprint density at radius 2 is 1.70 bits per heavy atom. The highest BCUT2D eigenvalue weighted by atomic mass is 19.1. The minimum Gasteiger partial charge on any atom is -0.489 e. The Hall–Kier alpha value is -2.03. The van der Waals surface area contributed by atoms with Gasteiger partial charge in [0, 0.05) is 0 Å². The van der Waals surface area contributed by atoms with E-state index in [1.165, 1.54) is 11.6 Å². The number of nitrogen functional groups attached to an aromatic ring is 1. The van der Waals surface area contributed by atoms with Gasteiger partial charge in [0.2, 0.25) is 0 Å². The highest BCUT2D eigenvalue weighted by molar-refractivity contribution is 5.41. The number of halogens is 1. The van der Waals surface area contributed by atoms with Gasteiger partial charge in [-0.1, -0.05) is 39.0 Å². The van der Waals surface area contributed by atoms with Gasteiger partial charge in [0.25, 0.3) is 0 Å². The van der Waals surface area contributed by atoms with Crippen molar-refractivity contribution in [2.45, 2.75) is 32.8 Å². The normalized spacial score (nSPS) is 11.4. The molecule has 20 heavy (non-hydrogen) atoms. The van der Waals surface area contributed by atoms with Gasteiger partial charge in [-0.25, -0.2) is 4.39 Å². The molecular weight excluding hydrogens is 253 g/mol. The third-order valence-electron chi connectivity index (χ3n) is 3.19. The lowest BCUT2D eigenvalue weighted by Crippen LogP contribution is -2.10. The van der Waals surface area contributed by atoms with Crippen LogP contribution in [0.1, 0.15) is 31.9 Å². The first kappa shape index (κ1) is 14.4. The molecule has 0 aliphatic heterocycles. The molecule has 2 N–H and O–H groups in total. The predicted octanol–water partition coefficient (Wildman–Crippen LogP) is 4.28. The number of rotatable bonds is 3. The quantitative estimate of drug-likeness (QED) is 0.847. The van der Waals surface area contributed by atoms with E-state index in [4.69, 9.17) is 10.5 Å². The van der Waals surface area contributed by atoms with Crippen molar-refractivity contribution in [2.24, 2.45) is 0 Å². The number of ether oxygens (including phenoxy) is 1. The van der Waals surface area contributed by atoms with Crippen molar-refractivity contribution in [3.63, 3.8) is 0 Å². The Kier molecular flexibility index (Phi) is 3.98. The number of hydrogen-bond donors (Lipinski definition) is 1. The van der Waals surface area contributed by atoms with Crippen molar-refractivity contribution in [2.75, 3.05) is 5.73 Å². The van der Waals surface area contributed by atoms with Gasteiger partial charge in [-0.15, -0.1) is 0 Å². The molecule has 2 aromatic carbocycles. The average Bonchev–Trinajstić information content (AvgIpc) is 2.40. The van der Waals surface area contributed by atoms with E-state index in [1.54, 1.807) is 12.1 Å². The summed E-state index contributed by atoms with van der Waals surface area (Å²) in [5.74, 6) is 0.365. The van der Waals surface area contributed by atoms with E-state index in [2.05, 4.69) is 32.9 Å². The van der Waals surface area contributed by atoms with Gasteiger partial charge in [-0.2, -0.15) is 0 Å². The van der Waals surface area contributed by atoms with Crippen LogP contribution in [0.5, 0.6) is 5.75 Å². The Labute approximate surface area is 119 Å². The van der Waals surface area contributed by atoms with Crippen molar-refractivity contribution >= 4 is 5.69 Å². The van der Waals surface area contributed by atoms with E-state index in [0.717, 1.165) is 11.3 Å². The summed E-state index contributed by atoms with van der Waals surface area (Å²) < 4.78 is 19.0. The molecule has 0 saturated heterocycles. The van der Waals surface area contributed by atoms with Crippen LogP contribution in [0.3, 0.4) is 0 Å². The molecular formula is C17H20FNO. The SMILES string of the molecule is CC(C)(C)c1ccc(OCc2ccc(N)c(F)c2)cc1. The van der Waals surface area contributed by atoms with Crippen LogP contribution in [0.4, 0.5) is 10.1 Å². The maximum absolute atomic E-state index is 13.3. The van der Waals surface area contributed by atoms with E-state index < -0.39 is 5.82 Å². The van der Waals surface area contributed by atoms with Crippen molar-refractivity contribution in [1.82, 2.24) is 0 Å². The zero-order valence-electron chi connectivity index (χ0n) is 12.1. The van der Waals surface area contributed by atoms with E-state index >= 15 is 0 Å². The van der Waals surface area contributed by atoms with E-state index in [0.29, 0.717) is 6.61 Å². The Morgan fingerprint density at radius 1 is 1.05 bits per heavy atom. The number of anilines is 1. The third kappa shape index (κ3) is 3.50. The highest BCUT2D eigenvalue weighted by Gasteiger charge is 2.12. The molecule has 0 aliphatic rings. The number of benzene rings is 2. The smallest absolute Gasteiger partial charge is 0.146 e. The summed E-state index contributed by atoms with van der Waals surface area (Å²) in [5.41, 5.74) is 7.73. The molecule has 0 atom stereocenters. The summed E-state index contributed by atoms with van der Waals surface area (Å²) in [4.78, 5) is 0. The van der Waals surface area contributed by atoms with Crippen LogP contribution in [0.15, 0.2) is 42.5 Å². The first-order valence-corrected chi connectivity index (χ1v) is 6.63. The second-order valence-electron chi connectivity index (χ2n) is 5.92. The van der Waals surface area contributed by atoms with E-state index in [-0.39, 0.29) is 11.1 Å². The topological polar surface area (TPSA) is 35.2 Å². The van der Waals surface area contributed by atoms with Crippen LogP contribution < -0.4 is 10.5 Å². The van der Waals surface area contributed by atoms with Crippen LogP contribution in [-0.2, 0) is 12.0 Å². The van der Waals surface area contributed by atoms with E-state index in [1.807, 2.05) is 12.1 Å². The lowest BCUT2D eigenvalue weighted by Gasteiger charge is -2.19. The second-order valence-corrected chi connectivity index (χ2v) is 5.92. The predicted molar refractivity (Wildman–Crippen MR) is 80.3 cm³/mol. The van der Waals surface area contributed by atoms with Gasteiger partial charge in [-0.05, 0) is 40.8 Å². The van der Waals surface area contributed by atoms with Gasteiger partial charge >= 0.3 is 0 Å². The lowest BCUT2D eigenvalue weighted by atomic mass is 9.87. The molecule has 0 radical (unpaired) electrons. The summed E-state index contributed by atoms with van der Waals surface area (Å²) in [6.07, 6.45) is 0. The summed E-state index contributed by atoms with van der Waals surface area (Å²) in [7, 11) is 0. The fourth-order valence-corrected chi connectivity index (χ4v) is 1.88. The molecule has 0 aromatic heterocycles. The van der Waals surface area contributed by atoms with Crippen LogP contribution in [-0.4, -0.2) is 0 Å². The van der Waals surface area contributed by atoms with Gasteiger partial charge in [0.05, 0.1) is 5.69 Å². The summed E-state index contributed by atoms with van der Waals surface area (Å²) in [5, 5.41) is 0. The largest absolute Gasteiger partial charge is 0.489 e. The molecule has 0 amide bonds. The fourth-order valence-electron chi connectivity index (χ4n) is 1.88. The van der Waals surface area contributed by atoms with Crippen molar-refractivity contribution in [3.8, 4) is 5.75 Å². The first-order valence-electron chi connectivity index (χ1n) is 6.63. The van der Waals surface area contributed by atoms with E-state index in [9.17, 15) is 4.39 Å². The maximum atomic E-state index is 13.3. The minimum atomic E-state index is -0.408. The first-order chi connectivity index (χ1) is 9.36. The number of hydrogen-bond acceptors (Lipinski definition) is 2. The van der Waals surface area contributed by atoms with Crippen LogP contribution in [0.25, 0.3) is 0 Å².